The highest BCUT2D eigenvalue weighted by molar-refractivity contribution is 6.42. The van der Waals surface area contributed by atoms with Crippen molar-refractivity contribution in [1.29, 1.82) is 0 Å². The monoisotopic (exact) mass is 469 g/mol. The Hall–Kier alpha value is -3.15. The second kappa shape index (κ2) is 9.55. The fourth-order valence-corrected chi connectivity index (χ4v) is 3.61. The Kier molecular flexibility index (Phi) is 6.58. The van der Waals surface area contributed by atoms with Gasteiger partial charge in [0.25, 0.3) is 0 Å². The van der Waals surface area contributed by atoms with Crippen LogP contribution in [0, 0.1) is 0 Å². The van der Waals surface area contributed by atoms with Crippen molar-refractivity contribution in [1.82, 2.24) is 0 Å². The van der Waals surface area contributed by atoms with Gasteiger partial charge in [0.15, 0.2) is 11.5 Å². The van der Waals surface area contributed by atoms with Crippen LogP contribution in [0.1, 0.15) is 6.92 Å². The van der Waals surface area contributed by atoms with Crippen molar-refractivity contribution in [2.24, 2.45) is 4.99 Å². The summed E-state index contributed by atoms with van der Waals surface area (Å²) in [5.74, 6) is 2.61. The third kappa shape index (κ3) is 4.54. The van der Waals surface area contributed by atoms with Crippen LogP contribution >= 0.6 is 23.2 Å². The number of rotatable bonds is 6. The lowest BCUT2D eigenvalue weighted by Gasteiger charge is -2.11. The Bertz CT molecular complexity index is 1350. The lowest BCUT2D eigenvalue weighted by molar-refractivity contribution is 0.340. The van der Waals surface area contributed by atoms with Gasteiger partial charge in [0.1, 0.15) is 17.1 Å². The van der Waals surface area contributed by atoms with Crippen molar-refractivity contribution in [3.05, 3.63) is 76.1 Å². The summed E-state index contributed by atoms with van der Waals surface area (Å²) in [6.07, 6.45) is 0. The molecule has 0 saturated heterocycles. The largest absolute Gasteiger partial charge is 0.494 e. The molecule has 0 radical (unpaired) electrons. The average Bonchev–Trinajstić information content (AvgIpc) is 2.81. The zero-order chi connectivity index (χ0) is 22.7. The first kappa shape index (κ1) is 22.1. The summed E-state index contributed by atoms with van der Waals surface area (Å²) in [4.78, 5) is 4.82. The molecule has 4 aromatic rings. The van der Waals surface area contributed by atoms with E-state index in [9.17, 15) is 0 Å². The third-order valence-electron chi connectivity index (χ3n) is 4.85. The molecule has 4 rings (SSSR count). The molecule has 0 N–H and O–H groups in total. The van der Waals surface area contributed by atoms with E-state index in [4.69, 9.17) is 46.8 Å². The first-order chi connectivity index (χ1) is 15.5. The number of ether oxygens (including phenoxy) is 3. The summed E-state index contributed by atoms with van der Waals surface area (Å²) < 4.78 is 22.7. The lowest BCUT2D eigenvalue weighted by atomic mass is 10.1. The van der Waals surface area contributed by atoms with E-state index in [0.717, 1.165) is 16.7 Å². The number of benzene rings is 3. The molecule has 0 aliphatic carbocycles. The first-order valence-electron chi connectivity index (χ1n) is 9.95. The molecule has 0 fully saturated rings. The maximum absolute atomic E-state index is 6.22. The van der Waals surface area contributed by atoms with Crippen molar-refractivity contribution < 1.29 is 18.6 Å². The van der Waals surface area contributed by atoms with E-state index in [-0.39, 0.29) is 0 Å². The van der Waals surface area contributed by atoms with Gasteiger partial charge < -0.3 is 18.6 Å². The molecular formula is C25H21Cl2NO4. The summed E-state index contributed by atoms with van der Waals surface area (Å²) in [5.41, 5.74) is 2.16. The normalized spacial score (nSPS) is 11.6. The van der Waals surface area contributed by atoms with E-state index in [1.165, 1.54) is 0 Å². The summed E-state index contributed by atoms with van der Waals surface area (Å²) in [6, 6.07) is 18.4. The molecule has 7 heteroatoms. The van der Waals surface area contributed by atoms with Gasteiger partial charge in [-0.25, -0.2) is 4.99 Å². The Morgan fingerprint density at radius 2 is 1.66 bits per heavy atom. The van der Waals surface area contributed by atoms with E-state index in [1.807, 2.05) is 55.5 Å². The quantitative estimate of drug-likeness (QED) is 0.303. The molecule has 1 aromatic heterocycles. The van der Waals surface area contributed by atoms with Crippen LogP contribution in [0.25, 0.3) is 22.3 Å². The maximum atomic E-state index is 6.22. The minimum absolute atomic E-state index is 0.438. The van der Waals surface area contributed by atoms with E-state index >= 15 is 0 Å². The van der Waals surface area contributed by atoms with Crippen molar-refractivity contribution in [2.75, 3.05) is 20.8 Å². The van der Waals surface area contributed by atoms with Crippen LogP contribution in [-0.4, -0.2) is 20.8 Å². The lowest BCUT2D eigenvalue weighted by Crippen LogP contribution is -2.04. The predicted octanol–water partition coefficient (Wildman–Crippen LogP) is 7.05. The van der Waals surface area contributed by atoms with E-state index in [1.54, 1.807) is 26.4 Å². The van der Waals surface area contributed by atoms with Gasteiger partial charge in [0.2, 0.25) is 0 Å². The summed E-state index contributed by atoms with van der Waals surface area (Å²) in [7, 11) is 3.20. The number of fused-ring (bicyclic) bond motifs is 1. The van der Waals surface area contributed by atoms with Gasteiger partial charge >= 0.3 is 0 Å². The second-order valence-electron chi connectivity index (χ2n) is 6.87. The van der Waals surface area contributed by atoms with Crippen LogP contribution in [0.15, 0.2) is 70.1 Å². The van der Waals surface area contributed by atoms with Crippen molar-refractivity contribution in [3.8, 4) is 28.6 Å². The van der Waals surface area contributed by atoms with E-state index in [0.29, 0.717) is 50.5 Å². The molecule has 0 spiro atoms. The summed E-state index contributed by atoms with van der Waals surface area (Å²) in [5, 5.41) is 2.43. The van der Waals surface area contributed by atoms with Crippen molar-refractivity contribution in [2.45, 2.75) is 6.92 Å². The Morgan fingerprint density at radius 3 is 2.38 bits per heavy atom. The fraction of sp³-hybridized carbons (Fsp3) is 0.160. The third-order valence-corrected chi connectivity index (χ3v) is 5.59. The number of methoxy groups -OCH3 is 2. The van der Waals surface area contributed by atoms with Gasteiger partial charge in [-0.05, 0) is 61.5 Å². The SMILES string of the molecule is CCOc1ccc2oc(-c3ccc(OC)c(OC)c3)cc(=Nc3ccc(Cl)c(Cl)c3)c2c1. The predicted molar refractivity (Wildman–Crippen MR) is 128 cm³/mol. The number of halogens is 2. The standard InChI is InChI=1S/C25H21Cl2NO4/c1-4-31-17-7-10-22-18(13-17)21(28-16-6-8-19(26)20(27)12-16)14-24(32-22)15-5-9-23(29-2)25(11-15)30-3/h5-14H,4H2,1-3H3. The maximum Gasteiger partial charge on any atom is 0.161 e. The minimum atomic E-state index is 0.438. The molecule has 0 unspecified atom stereocenters. The van der Waals surface area contributed by atoms with Gasteiger partial charge in [-0.15, -0.1) is 0 Å². The van der Waals surface area contributed by atoms with Crippen molar-refractivity contribution in [3.63, 3.8) is 0 Å². The van der Waals surface area contributed by atoms with E-state index < -0.39 is 0 Å². The van der Waals surface area contributed by atoms with Gasteiger partial charge in [-0.3, -0.25) is 0 Å². The molecule has 1 heterocycles. The average molecular weight is 470 g/mol. The van der Waals surface area contributed by atoms with Crippen LogP contribution < -0.4 is 19.6 Å². The van der Waals surface area contributed by atoms with E-state index in [2.05, 4.69) is 0 Å². The highest BCUT2D eigenvalue weighted by atomic mass is 35.5. The topological polar surface area (TPSA) is 53.2 Å². The molecule has 0 atom stereocenters. The Morgan fingerprint density at radius 1 is 0.844 bits per heavy atom. The minimum Gasteiger partial charge on any atom is -0.494 e. The van der Waals surface area contributed by atoms with Gasteiger partial charge in [0.05, 0.1) is 41.9 Å². The Labute approximate surface area is 195 Å². The molecule has 0 bridgehead atoms. The number of nitrogens with zero attached hydrogens (tertiary/aromatic N) is 1. The molecule has 5 nitrogen and oxygen atoms in total. The second-order valence-corrected chi connectivity index (χ2v) is 7.68. The van der Waals surface area contributed by atoms with Crippen LogP contribution in [0.4, 0.5) is 5.69 Å². The zero-order valence-electron chi connectivity index (χ0n) is 17.8. The number of hydrogen-bond donors (Lipinski definition) is 0. The molecule has 3 aromatic carbocycles. The fourth-order valence-electron chi connectivity index (χ4n) is 3.32. The first-order valence-corrected chi connectivity index (χ1v) is 10.7. The van der Waals surface area contributed by atoms with Crippen LogP contribution in [0.3, 0.4) is 0 Å². The molecule has 164 valence electrons. The Balaban J connectivity index is 1.95. The molecule has 0 aliphatic heterocycles. The van der Waals surface area contributed by atoms with Crippen LogP contribution in [0.2, 0.25) is 10.0 Å². The summed E-state index contributed by atoms with van der Waals surface area (Å²) in [6.45, 7) is 2.50. The number of hydrogen-bond acceptors (Lipinski definition) is 5. The summed E-state index contributed by atoms with van der Waals surface area (Å²) >= 11 is 12.3. The van der Waals surface area contributed by atoms with Crippen molar-refractivity contribution >= 4 is 39.9 Å². The molecule has 0 aliphatic rings. The molecular weight excluding hydrogens is 449 g/mol. The van der Waals surface area contributed by atoms with Gasteiger partial charge in [-0.2, -0.15) is 0 Å². The molecule has 0 amide bonds. The molecule has 32 heavy (non-hydrogen) atoms. The highest BCUT2D eigenvalue weighted by Gasteiger charge is 2.11. The van der Waals surface area contributed by atoms with Gasteiger partial charge in [0, 0.05) is 17.0 Å². The van der Waals surface area contributed by atoms with Gasteiger partial charge in [-0.1, -0.05) is 23.2 Å². The smallest absolute Gasteiger partial charge is 0.161 e. The molecule has 0 saturated carbocycles. The zero-order valence-corrected chi connectivity index (χ0v) is 19.3. The van der Waals surface area contributed by atoms with Crippen LogP contribution in [0.5, 0.6) is 17.2 Å². The highest BCUT2D eigenvalue weighted by Crippen LogP contribution is 2.33. The van der Waals surface area contributed by atoms with Crippen LogP contribution in [-0.2, 0) is 0 Å².